The molecule has 4 nitrogen and oxygen atoms in total. The predicted octanol–water partition coefficient (Wildman–Crippen LogP) is 0.406. The molecule has 66 valence electrons. The molecule has 1 aromatic rings. The number of aromatic amines is 1. The molecule has 0 spiro atoms. The van der Waals surface area contributed by atoms with Crippen LogP contribution in [0, 0.1) is 13.8 Å². The first-order valence-corrected chi connectivity index (χ1v) is 3.85. The summed E-state index contributed by atoms with van der Waals surface area (Å²) in [6.45, 7) is 5.31. The van der Waals surface area contributed by atoms with Crippen molar-refractivity contribution in [3.8, 4) is 0 Å². The van der Waals surface area contributed by atoms with Gasteiger partial charge in [0, 0.05) is 11.7 Å². The van der Waals surface area contributed by atoms with Gasteiger partial charge in [0.15, 0.2) is 0 Å². The Kier molecular flexibility index (Phi) is 2.28. The van der Waals surface area contributed by atoms with Gasteiger partial charge in [-0.3, -0.25) is 4.79 Å². The Morgan fingerprint density at radius 1 is 1.50 bits per heavy atom. The van der Waals surface area contributed by atoms with Crippen LogP contribution in [0.2, 0.25) is 0 Å². The van der Waals surface area contributed by atoms with Gasteiger partial charge in [-0.1, -0.05) is 0 Å². The highest BCUT2D eigenvalue weighted by molar-refractivity contribution is 5.19. The number of nitrogens with two attached hydrogens (primary N) is 1. The molecule has 1 heterocycles. The van der Waals surface area contributed by atoms with Crippen LogP contribution >= 0.6 is 0 Å². The number of nitrogens with one attached hydrogen (secondary N) is 1. The number of rotatable bonds is 1. The maximum Gasteiger partial charge on any atom is 0.255 e. The summed E-state index contributed by atoms with van der Waals surface area (Å²) in [7, 11) is 0. The Hall–Kier alpha value is -1.16. The van der Waals surface area contributed by atoms with Gasteiger partial charge in [0.2, 0.25) is 0 Å². The molecular formula is C8H13N3O. The van der Waals surface area contributed by atoms with E-state index in [0.29, 0.717) is 17.1 Å². The van der Waals surface area contributed by atoms with Crippen LogP contribution in [0.4, 0.5) is 0 Å². The van der Waals surface area contributed by atoms with Gasteiger partial charge in [0.05, 0.1) is 5.56 Å². The van der Waals surface area contributed by atoms with Crippen molar-refractivity contribution in [2.75, 3.05) is 0 Å². The fourth-order valence-corrected chi connectivity index (χ4v) is 1.27. The van der Waals surface area contributed by atoms with E-state index in [0.717, 1.165) is 0 Å². The molecule has 0 aliphatic rings. The zero-order chi connectivity index (χ0) is 9.30. The van der Waals surface area contributed by atoms with Crippen LogP contribution in [-0.4, -0.2) is 9.97 Å². The number of hydrogen-bond acceptors (Lipinski definition) is 3. The highest BCUT2D eigenvalue weighted by Gasteiger charge is 2.09. The van der Waals surface area contributed by atoms with E-state index in [4.69, 9.17) is 5.73 Å². The molecule has 0 fully saturated rings. The number of aromatic nitrogens is 2. The van der Waals surface area contributed by atoms with Crippen molar-refractivity contribution in [2.45, 2.75) is 26.8 Å². The summed E-state index contributed by atoms with van der Waals surface area (Å²) < 4.78 is 0. The molecule has 0 radical (unpaired) electrons. The second-order valence-corrected chi connectivity index (χ2v) is 2.94. The van der Waals surface area contributed by atoms with E-state index in [2.05, 4.69) is 9.97 Å². The summed E-state index contributed by atoms with van der Waals surface area (Å²) in [6, 6.07) is -0.262. The molecule has 3 N–H and O–H groups in total. The zero-order valence-corrected chi connectivity index (χ0v) is 7.51. The van der Waals surface area contributed by atoms with Crippen LogP contribution in [0.25, 0.3) is 0 Å². The van der Waals surface area contributed by atoms with Gasteiger partial charge >= 0.3 is 0 Å². The summed E-state index contributed by atoms with van der Waals surface area (Å²) in [5, 5.41) is 0. The fraction of sp³-hybridized carbons (Fsp3) is 0.500. The van der Waals surface area contributed by atoms with E-state index in [1.165, 1.54) is 0 Å². The van der Waals surface area contributed by atoms with Gasteiger partial charge in [-0.25, -0.2) is 4.98 Å². The predicted molar refractivity (Wildman–Crippen MR) is 46.9 cm³/mol. The van der Waals surface area contributed by atoms with Crippen molar-refractivity contribution in [2.24, 2.45) is 5.73 Å². The monoisotopic (exact) mass is 167 g/mol. The van der Waals surface area contributed by atoms with Crippen molar-refractivity contribution >= 4 is 0 Å². The van der Waals surface area contributed by atoms with Crippen molar-refractivity contribution < 1.29 is 0 Å². The van der Waals surface area contributed by atoms with E-state index in [9.17, 15) is 4.79 Å². The molecule has 12 heavy (non-hydrogen) atoms. The van der Waals surface area contributed by atoms with Crippen LogP contribution < -0.4 is 11.3 Å². The molecule has 1 aromatic heterocycles. The Morgan fingerprint density at radius 3 is 2.50 bits per heavy atom. The molecule has 0 amide bonds. The molecule has 1 unspecified atom stereocenters. The maximum atomic E-state index is 11.3. The highest BCUT2D eigenvalue weighted by atomic mass is 16.1. The average molecular weight is 167 g/mol. The molecule has 0 aliphatic heterocycles. The van der Waals surface area contributed by atoms with E-state index in [1.54, 1.807) is 20.8 Å². The molecule has 0 aliphatic carbocycles. The lowest BCUT2D eigenvalue weighted by atomic mass is 10.1. The van der Waals surface area contributed by atoms with Gasteiger partial charge in [0.1, 0.15) is 5.82 Å². The highest BCUT2D eigenvalue weighted by Crippen LogP contribution is 2.06. The minimum atomic E-state index is -0.262. The molecule has 0 saturated heterocycles. The van der Waals surface area contributed by atoms with Gasteiger partial charge in [0.25, 0.3) is 5.56 Å². The molecule has 0 aromatic carbocycles. The van der Waals surface area contributed by atoms with Crippen LogP contribution in [0.1, 0.15) is 30.0 Å². The Balaban J connectivity index is 3.39. The van der Waals surface area contributed by atoms with E-state index < -0.39 is 0 Å². The Bertz CT molecular complexity index is 341. The first-order valence-electron chi connectivity index (χ1n) is 3.85. The van der Waals surface area contributed by atoms with Crippen LogP contribution in [0.15, 0.2) is 4.79 Å². The summed E-state index contributed by atoms with van der Waals surface area (Å²) >= 11 is 0. The second-order valence-electron chi connectivity index (χ2n) is 2.94. The van der Waals surface area contributed by atoms with E-state index in [1.807, 2.05) is 0 Å². The van der Waals surface area contributed by atoms with Crippen LogP contribution in [0.5, 0.6) is 0 Å². The lowest BCUT2D eigenvalue weighted by Crippen LogP contribution is -2.23. The summed E-state index contributed by atoms with van der Waals surface area (Å²) in [5.74, 6) is 0.627. The Morgan fingerprint density at radius 2 is 2.08 bits per heavy atom. The maximum absolute atomic E-state index is 11.3. The lowest BCUT2D eigenvalue weighted by Gasteiger charge is -2.07. The third kappa shape index (κ3) is 1.53. The standard InChI is InChI=1S/C8H13N3O/c1-4(9)7-5(2)10-6(3)11-8(7)12/h4H,9H2,1-3H3,(H,10,11,12). The normalized spacial score (nSPS) is 13.0. The average Bonchev–Trinajstić information content (AvgIpc) is 1.82. The quantitative estimate of drug-likeness (QED) is 0.636. The van der Waals surface area contributed by atoms with Crippen LogP contribution in [-0.2, 0) is 0 Å². The lowest BCUT2D eigenvalue weighted by molar-refractivity contribution is 0.767. The first-order chi connectivity index (χ1) is 5.52. The van der Waals surface area contributed by atoms with E-state index >= 15 is 0 Å². The molecule has 1 atom stereocenters. The number of hydrogen-bond donors (Lipinski definition) is 2. The third-order valence-electron chi connectivity index (χ3n) is 1.72. The topological polar surface area (TPSA) is 71.8 Å². The largest absolute Gasteiger partial charge is 0.324 e. The molecule has 0 bridgehead atoms. The van der Waals surface area contributed by atoms with Gasteiger partial charge in [-0.05, 0) is 20.8 Å². The van der Waals surface area contributed by atoms with Crippen molar-refractivity contribution in [3.05, 3.63) is 27.4 Å². The first kappa shape index (κ1) is 8.93. The molecular weight excluding hydrogens is 154 g/mol. The summed E-state index contributed by atoms with van der Waals surface area (Å²) in [4.78, 5) is 18.1. The number of nitrogens with zero attached hydrogens (tertiary/aromatic N) is 1. The fourth-order valence-electron chi connectivity index (χ4n) is 1.27. The van der Waals surface area contributed by atoms with Crippen molar-refractivity contribution in [1.29, 1.82) is 0 Å². The van der Waals surface area contributed by atoms with Crippen molar-refractivity contribution in [3.63, 3.8) is 0 Å². The summed E-state index contributed by atoms with van der Waals surface area (Å²) in [6.07, 6.45) is 0. The minimum Gasteiger partial charge on any atom is -0.324 e. The van der Waals surface area contributed by atoms with Gasteiger partial charge < -0.3 is 10.7 Å². The number of aryl methyl sites for hydroxylation is 2. The van der Waals surface area contributed by atoms with Crippen molar-refractivity contribution in [1.82, 2.24) is 9.97 Å². The minimum absolute atomic E-state index is 0.130. The molecule has 4 heteroatoms. The molecule has 0 saturated carbocycles. The number of H-pyrrole nitrogens is 1. The van der Waals surface area contributed by atoms with Crippen LogP contribution in [0.3, 0.4) is 0 Å². The second kappa shape index (κ2) is 3.06. The van der Waals surface area contributed by atoms with Gasteiger partial charge in [-0.2, -0.15) is 0 Å². The molecule has 1 rings (SSSR count). The smallest absolute Gasteiger partial charge is 0.255 e. The van der Waals surface area contributed by atoms with E-state index in [-0.39, 0.29) is 11.6 Å². The summed E-state index contributed by atoms with van der Waals surface area (Å²) in [5.41, 5.74) is 6.76. The third-order valence-corrected chi connectivity index (χ3v) is 1.72. The SMILES string of the molecule is Cc1nc(C)c(C(C)N)c(=O)[nH]1. The van der Waals surface area contributed by atoms with Gasteiger partial charge in [-0.15, -0.1) is 0 Å². The Labute approximate surface area is 70.8 Å². The zero-order valence-electron chi connectivity index (χ0n) is 7.51.